The SMILES string of the molecule is CC[C@@H](C)n1cc(/C=C2/NC(=O)N(CC(=O)O)C2=O)c2ccccc21. The number of rotatable bonds is 5. The van der Waals surface area contributed by atoms with Crippen LogP contribution in [0, 0.1) is 0 Å². The van der Waals surface area contributed by atoms with Gasteiger partial charge >= 0.3 is 12.0 Å². The predicted molar refractivity (Wildman–Crippen MR) is 92.8 cm³/mol. The molecule has 0 radical (unpaired) electrons. The van der Waals surface area contributed by atoms with Crippen molar-refractivity contribution in [3.8, 4) is 0 Å². The van der Waals surface area contributed by atoms with Crippen LogP contribution in [0.2, 0.25) is 0 Å². The van der Waals surface area contributed by atoms with E-state index in [2.05, 4.69) is 23.7 Å². The number of nitrogens with one attached hydrogen (secondary N) is 1. The molecule has 7 heteroatoms. The highest BCUT2D eigenvalue weighted by atomic mass is 16.4. The number of aromatic nitrogens is 1. The highest BCUT2D eigenvalue weighted by Crippen LogP contribution is 2.28. The number of amides is 3. The molecular weight excluding hydrogens is 322 g/mol. The van der Waals surface area contributed by atoms with Gasteiger partial charge in [0.05, 0.1) is 0 Å². The van der Waals surface area contributed by atoms with Crippen LogP contribution < -0.4 is 5.32 Å². The number of fused-ring (bicyclic) bond motifs is 1. The summed E-state index contributed by atoms with van der Waals surface area (Å²) in [5.41, 5.74) is 1.93. The number of nitrogens with zero attached hydrogens (tertiary/aromatic N) is 2. The van der Waals surface area contributed by atoms with Crippen molar-refractivity contribution in [3.63, 3.8) is 0 Å². The quantitative estimate of drug-likeness (QED) is 0.646. The maximum absolute atomic E-state index is 12.3. The Bertz CT molecular complexity index is 897. The smallest absolute Gasteiger partial charge is 0.329 e. The van der Waals surface area contributed by atoms with Crippen LogP contribution in [0.15, 0.2) is 36.2 Å². The van der Waals surface area contributed by atoms with Gasteiger partial charge in [0.2, 0.25) is 0 Å². The maximum Gasteiger partial charge on any atom is 0.329 e. The first-order valence-electron chi connectivity index (χ1n) is 8.08. The number of aliphatic carboxylic acids is 1. The second-order valence-corrected chi connectivity index (χ2v) is 6.04. The summed E-state index contributed by atoms with van der Waals surface area (Å²) in [4.78, 5) is 35.6. The maximum atomic E-state index is 12.3. The molecule has 1 aromatic carbocycles. The van der Waals surface area contributed by atoms with Gasteiger partial charge in [-0.05, 0) is 25.5 Å². The van der Waals surface area contributed by atoms with Gasteiger partial charge in [-0.1, -0.05) is 25.1 Å². The number of urea groups is 1. The average molecular weight is 341 g/mol. The van der Waals surface area contributed by atoms with Crippen molar-refractivity contribution in [2.45, 2.75) is 26.3 Å². The van der Waals surface area contributed by atoms with Crippen molar-refractivity contribution in [3.05, 3.63) is 41.7 Å². The van der Waals surface area contributed by atoms with Gasteiger partial charge < -0.3 is 15.0 Å². The molecule has 0 aliphatic carbocycles. The third-order valence-electron chi connectivity index (χ3n) is 4.39. The molecule has 25 heavy (non-hydrogen) atoms. The van der Waals surface area contributed by atoms with Crippen molar-refractivity contribution < 1.29 is 19.5 Å². The van der Waals surface area contributed by atoms with Gasteiger partial charge in [-0.15, -0.1) is 0 Å². The zero-order chi connectivity index (χ0) is 18.1. The minimum absolute atomic E-state index is 0.0818. The summed E-state index contributed by atoms with van der Waals surface area (Å²) in [5.74, 6) is -1.87. The Morgan fingerprint density at radius 1 is 1.32 bits per heavy atom. The Morgan fingerprint density at radius 3 is 2.72 bits per heavy atom. The third-order valence-corrected chi connectivity index (χ3v) is 4.39. The zero-order valence-electron chi connectivity index (χ0n) is 14.0. The Morgan fingerprint density at radius 2 is 2.04 bits per heavy atom. The highest BCUT2D eigenvalue weighted by Gasteiger charge is 2.35. The molecule has 130 valence electrons. The largest absolute Gasteiger partial charge is 0.480 e. The lowest BCUT2D eigenvalue weighted by Gasteiger charge is -2.12. The lowest BCUT2D eigenvalue weighted by molar-refractivity contribution is -0.140. The number of para-hydroxylation sites is 1. The molecule has 0 bridgehead atoms. The van der Waals surface area contributed by atoms with Gasteiger partial charge in [-0.25, -0.2) is 9.69 Å². The van der Waals surface area contributed by atoms with Crippen LogP contribution in [-0.4, -0.2) is 39.0 Å². The molecule has 1 aliphatic heterocycles. The molecule has 0 unspecified atom stereocenters. The molecule has 1 saturated heterocycles. The van der Waals surface area contributed by atoms with Gasteiger partial charge in [-0.3, -0.25) is 9.59 Å². The summed E-state index contributed by atoms with van der Waals surface area (Å²) in [6.45, 7) is 3.55. The summed E-state index contributed by atoms with van der Waals surface area (Å²) in [5, 5.41) is 12.2. The summed E-state index contributed by atoms with van der Waals surface area (Å²) in [6.07, 6.45) is 4.51. The first-order chi connectivity index (χ1) is 11.9. The molecule has 2 heterocycles. The highest BCUT2D eigenvalue weighted by molar-refractivity contribution is 6.15. The Labute approximate surface area is 144 Å². The molecule has 1 aromatic heterocycles. The normalized spacial score (nSPS) is 17.4. The first kappa shape index (κ1) is 16.8. The minimum atomic E-state index is -1.24. The van der Waals surface area contributed by atoms with Crippen LogP contribution in [0.4, 0.5) is 4.79 Å². The number of hydrogen-bond acceptors (Lipinski definition) is 3. The summed E-state index contributed by atoms with van der Waals surface area (Å²) in [6, 6.07) is 7.40. The number of carboxylic acid groups (broad SMARTS) is 1. The molecule has 3 rings (SSSR count). The Balaban J connectivity index is 2.03. The van der Waals surface area contributed by atoms with Crippen LogP contribution >= 0.6 is 0 Å². The molecule has 1 atom stereocenters. The predicted octanol–water partition coefficient (Wildman–Crippen LogP) is 2.59. The minimum Gasteiger partial charge on any atom is -0.480 e. The van der Waals surface area contributed by atoms with E-state index in [0.717, 1.165) is 22.9 Å². The molecule has 2 aromatic rings. The van der Waals surface area contributed by atoms with E-state index in [1.807, 2.05) is 30.5 Å². The molecule has 1 fully saturated rings. The lowest BCUT2D eigenvalue weighted by atomic mass is 10.1. The van der Waals surface area contributed by atoms with Crippen molar-refractivity contribution >= 4 is 34.9 Å². The van der Waals surface area contributed by atoms with Crippen LogP contribution in [0.5, 0.6) is 0 Å². The van der Waals surface area contributed by atoms with Crippen molar-refractivity contribution in [1.29, 1.82) is 0 Å². The van der Waals surface area contributed by atoms with E-state index in [4.69, 9.17) is 5.11 Å². The van der Waals surface area contributed by atoms with Gasteiger partial charge in [0.1, 0.15) is 12.2 Å². The van der Waals surface area contributed by atoms with Gasteiger partial charge in [0, 0.05) is 28.7 Å². The molecular formula is C18H19N3O4. The molecule has 0 saturated carbocycles. The number of hydrogen-bond donors (Lipinski definition) is 2. The van der Waals surface area contributed by atoms with Gasteiger partial charge in [0.25, 0.3) is 5.91 Å². The van der Waals surface area contributed by atoms with Crippen molar-refractivity contribution in [1.82, 2.24) is 14.8 Å². The fraction of sp³-hybridized carbons (Fsp3) is 0.278. The van der Waals surface area contributed by atoms with E-state index >= 15 is 0 Å². The number of carbonyl (C=O) groups excluding carboxylic acids is 2. The Kier molecular flexibility index (Phi) is 4.31. The monoisotopic (exact) mass is 341 g/mol. The molecule has 7 nitrogen and oxygen atoms in total. The summed E-state index contributed by atoms with van der Waals surface area (Å²) in [7, 11) is 0. The molecule has 1 aliphatic rings. The van der Waals surface area contributed by atoms with E-state index in [-0.39, 0.29) is 11.7 Å². The van der Waals surface area contributed by atoms with E-state index in [0.29, 0.717) is 4.90 Å². The van der Waals surface area contributed by atoms with E-state index in [9.17, 15) is 14.4 Å². The molecule has 2 N–H and O–H groups in total. The fourth-order valence-electron chi connectivity index (χ4n) is 2.91. The third kappa shape index (κ3) is 3.00. The number of carboxylic acids is 1. The van der Waals surface area contributed by atoms with Crippen molar-refractivity contribution in [2.75, 3.05) is 6.54 Å². The van der Waals surface area contributed by atoms with E-state index in [1.54, 1.807) is 6.08 Å². The van der Waals surface area contributed by atoms with Gasteiger partial charge in [-0.2, -0.15) is 0 Å². The van der Waals surface area contributed by atoms with E-state index < -0.39 is 24.5 Å². The van der Waals surface area contributed by atoms with Crippen LogP contribution in [0.3, 0.4) is 0 Å². The van der Waals surface area contributed by atoms with Gasteiger partial charge in [0.15, 0.2) is 0 Å². The van der Waals surface area contributed by atoms with Crippen LogP contribution in [0.25, 0.3) is 17.0 Å². The van der Waals surface area contributed by atoms with Crippen LogP contribution in [0.1, 0.15) is 31.9 Å². The summed E-state index contributed by atoms with van der Waals surface area (Å²) >= 11 is 0. The number of imide groups is 1. The van der Waals surface area contributed by atoms with Crippen molar-refractivity contribution in [2.24, 2.45) is 0 Å². The second-order valence-electron chi connectivity index (χ2n) is 6.04. The lowest BCUT2D eigenvalue weighted by Crippen LogP contribution is -2.35. The fourth-order valence-corrected chi connectivity index (χ4v) is 2.91. The molecule has 3 amide bonds. The summed E-state index contributed by atoms with van der Waals surface area (Å²) < 4.78 is 2.14. The standard InChI is InChI=1S/C18H19N3O4/c1-3-11(2)20-9-12(13-6-4-5-7-15(13)20)8-14-17(24)21(10-16(22)23)18(25)19-14/h4-9,11H,3,10H2,1-2H3,(H,19,25)(H,22,23)/b14-8+/t11-/m1/s1. The zero-order valence-corrected chi connectivity index (χ0v) is 14.0. The average Bonchev–Trinajstić information content (AvgIpc) is 3.07. The number of carbonyl (C=O) groups is 3. The van der Waals surface area contributed by atoms with Crippen LogP contribution in [-0.2, 0) is 9.59 Å². The molecule has 0 spiro atoms. The number of benzene rings is 1. The Hall–Kier alpha value is -3.09. The second kappa shape index (κ2) is 6.43. The first-order valence-corrected chi connectivity index (χ1v) is 8.08. The van der Waals surface area contributed by atoms with E-state index in [1.165, 1.54) is 0 Å². The topological polar surface area (TPSA) is 91.6 Å².